The minimum atomic E-state index is 0.262. The van der Waals surface area contributed by atoms with Gasteiger partial charge < -0.3 is 15.2 Å². The molecular formula is C13H22N2O2. The van der Waals surface area contributed by atoms with Gasteiger partial charge in [0.05, 0.1) is 12.8 Å². The molecule has 0 radical (unpaired) electrons. The summed E-state index contributed by atoms with van der Waals surface area (Å²) >= 11 is 0. The van der Waals surface area contributed by atoms with E-state index in [2.05, 4.69) is 17.2 Å². The molecule has 1 rings (SSSR count). The maximum absolute atomic E-state index is 8.90. The molecule has 0 aromatic carbocycles. The molecule has 1 aromatic heterocycles. The van der Waals surface area contributed by atoms with Crippen LogP contribution < -0.4 is 10.1 Å². The standard InChI is InChI=1S/C13H22N2O2/c1-3-11(7-8-16)9-14-10-12-5-4-6-13(15-12)17-2/h4-6,11,14,16H,3,7-10H2,1-2H3. The highest BCUT2D eigenvalue weighted by Gasteiger charge is 2.05. The fourth-order valence-electron chi connectivity index (χ4n) is 1.71. The molecule has 2 N–H and O–H groups in total. The molecule has 0 aliphatic rings. The Hall–Kier alpha value is -1.13. The van der Waals surface area contributed by atoms with Gasteiger partial charge in [-0.25, -0.2) is 4.98 Å². The number of aromatic nitrogens is 1. The topological polar surface area (TPSA) is 54.4 Å². The largest absolute Gasteiger partial charge is 0.481 e. The third kappa shape index (κ3) is 5.15. The van der Waals surface area contributed by atoms with Crippen molar-refractivity contribution in [1.29, 1.82) is 0 Å². The van der Waals surface area contributed by atoms with Crippen LogP contribution in [0.25, 0.3) is 0 Å². The molecule has 96 valence electrons. The molecule has 0 saturated heterocycles. The lowest BCUT2D eigenvalue weighted by Gasteiger charge is -2.14. The summed E-state index contributed by atoms with van der Waals surface area (Å²) in [5.74, 6) is 1.18. The first kappa shape index (κ1) is 13.9. The van der Waals surface area contributed by atoms with Crippen LogP contribution in [-0.2, 0) is 6.54 Å². The van der Waals surface area contributed by atoms with Gasteiger partial charge in [0.1, 0.15) is 0 Å². The number of aliphatic hydroxyl groups is 1. The molecule has 0 saturated carbocycles. The van der Waals surface area contributed by atoms with Crippen LogP contribution in [0, 0.1) is 5.92 Å². The molecule has 0 spiro atoms. The molecule has 0 aliphatic carbocycles. The summed E-state index contributed by atoms with van der Waals surface area (Å²) < 4.78 is 5.07. The minimum Gasteiger partial charge on any atom is -0.481 e. The quantitative estimate of drug-likeness (QED) is 0.722. The van der Waals surface area contributed by atoms with Gasteiger partial charge >= 0.3 is 0 Å². The number of nitrogens with zero attached hydrogens (tertiary/aromatic N) is 1. The lowest BCUT2D eigenvalue weighted by Crippen LogP contribution is -2.23. The monoisotopic (exact) mass is 238 g/mol. The number of pyridine rings is 1. The van der Waals surface area contributed by atoms with Crippen LogP contribution >= 0.6 is 0 Å². The average molecular weight is 238 g/mol. The molecular weight excluding hydrogens is 216 g/mol. The van der Waals surface area contributed by atoms with Crippen molar-refractivity contribution in [3.63, 3.8) is 0 Å². The van der Waals surface area contributed by atoms with E-state index in [1.807, 2.05) is 18.2 Å². The summed E-state index contributed by atoms with van der Waals surface area (Å²) in [6, 6.07) is 5.75. The summed E-state index contributed by atoms with van der Waals surface area (Å²) in [5, 5.41) is 12.3. The van der Waals surface area contributed by atoms with Gasteiger partial charge in [0.25, 0.3) is 0 Å². The fourth-order valence-corrected chi connectivity index (χ4v) is 1.71. The second kappa shape index (κ2) is 8.03. The zero-order valence-corrected chi connectivity index (χ0v) is 10.6. The van der Waals surface area contributed by atoms with Crippen LogP contribution in [0.5, 0.6) is 5.88 Å². The van der Waals surface area contributed by atoms with Gasteiger partial charge in [0.2, 0.25) is 5.88 Å². The first-order valence-corrected chi connectivity index (χ1v) is 6.11. The fraction of sp³-hybridized carbons (Fsp3) is 0.615. The van der Waals surface area contributed by atoms with E-state index in [9.17, 15) is 0 Å². The van der Waals surface area contributed by atoms with E-state index in [0.29, 0.717) is 11.8 Å². The van der Waals surface area contributed by atoms with Crippen molar-refractivity contribution in [2.75, 3.05) is 20.3 Å². The zero-order valence-electron chi connectivity index (χ0n) is 10.6. The number of hydrogen-bond acceptors (Lipinski definition) is 4. The van der Waals surface area contributed by atoms with Gasteiger partial charge in [-0.15, -0.1) is 0 Å². The second-order valence-electron chi connectivity index (χ2n) is 4.09. The highest BCUT2D eigenvalue weighted by molar-refractivity contribution is 5.15. The number of methoxy groups -OCH3 is 1. The van der Waals surface area contributed by atoms with Crippen molar-refractivity contribution < 1.29 is 9.84 Å². The predicted octanol–water partition coefficient (Wildman–Crippen LogP) is 1.59. The van der Waals surface area contributed by atoms with Gasteiger partial charge in [-0.2, -0.15) is 0 Å². The van der Waals surface area contributed by atoms with E-state index in [0.717, 1.165) is 31.6 Å². The minimum absolute atomic E-state index is 0.262. The predicted molar refractivity (Wildman–Crippen MR) is 68.0 cm³/mol. The van der Waals surface area contributed by atoms with Crippen molar-refractivity contribution in [2.45, 2.75) is 26.3 Å². The normalized spacial score (nSPS) is 12.4. The van der Waals surface area contributed by atoms with Gasteiger partial charge in [-0.3, -0.25) is 0 Å². The molecule has 4 heteroatoms. The van der Waals surface area contributed by atoms with E-state index < -0.39 is 0 Å². The highest BCUT2D eigenvalue weighted by atomic mass is 16.5. The highest BCUT2D eigenvalue weighted by Crippen LogP contribution is 2.08. The van der Waals surface area contributed by atoms with Gasteiger partial charge in [0, 0.05) is 19.2 Å². The van der Waals surface area contributed by atoms with Gasteiger partial charge in [-0.1, -0.05) is 19.4 Å². The van der Waals surface area contributed by atoms with E-state index in [-0.39, 0.29) is 6.61 Å². The maximum atomic E-state index is 8.90. The van der Waals surface area contributed by atoms with Crippen LogP contribution in [0.4, 0.5) is 0 Å². The molecule has 4 nitrogen and oxygen atoms in total. The Morgan fingerprint density at radius 1 is 1.47 bits per heavy atom. The number of aliphatic hydroxyl groups excluding tert-OH is 1. The molecule has 0 amide bonds. The lowest BCUT2D eigenvalue weighted by atomic mass is 10.0. The second-order valence-corrected chi connectivity index (χ2v) is 4.09. The van der Waals surface area contributed by atoms with Crippen molar-refractivity contribution >= 4 is 0 Å². The van der Waals surface area contributed by atoms with Crippen molar-refractivity contribution in [1.82, 2.24) is 10.3 Å². The maximum Gasteiger partial charge on any atom is 0.213 e. The Labute approximate surface area is 103 Å². The average Bonchev–Trinajstić information content (AvgIpc) is 2.38. The van der Waals surface area contributed by atoms with Crippen LogP contribution in [0.2, 0.25) is 0 Å². The first-order valence-electron chi connectivity index (χ1n) is 6.11. The van der Waals surface area contributed by atoms with Crippen LogP contribution in [0.1, 0.15) is 25.5 Å². The SMILES string of the molecule is CCC(CCO)CNCc1cccc(OC)n1. The molecule has 1 aromatic rings. The summed E-state index contributed by atoms with van der Waals surface area (Å²) in [4.78, 5) is 4.33. The van der Waals surface area contributed by atoms with Crippen molar-refractivity contribution in [3.8, 4) is 5.88 Å². The number of ether oxygens (including phenoxy) is 1. The van der Waals surface area contributed by atoms with Crippen LogP contribution in [0.3, 0.4) is 0 Å². The summed E-state index contributed by atoms with van der Waals surface area (Å²) in [6.07, 6.45) is 1.94. The van der Waals surface area contributed by atoms with Crippen LogP contribution in [0.15, 0.2) is 18.2 Å². The van der Waals surface area contributed by atoms with Crippen molar-refractivity contribution in [2.24, 2.45) is 5.92 Å². The Morgan fingerprint density at radius 2 is 2.29 bits per heavy atom. The number of rotatable bonds is 8. The molecule has 0 aliphatic heterocycles. The Morgan fingerprint density at radius 3 is 2.94 bits per heavy atom. The summed E-state index contributed by atoms with van der Waals surface area (Å²) in [5.41, 5.74) is 0.975. The zero-order chi connectivity index (χ0) is 12.5. The van der Waals surface area contributed by atoms with E-state index in [1.54, 1.807) is 7.11 Å². The molecule has 0 fully saturated rings. The molecule has 17 heavy (non-hydrogen) atoms. The van der Waals surface area contributed by atoms with E-state index in [1.165, 1.54) is 0 Å². The van der Waals surface area contributed by atoms with Crippen LogP contribution in [-0.4, -0.2) is 30.4 Å². The smallest absolute Gasteiger partial charge is 0.213 e. The molecule has 1 atom stereocenters. The number of hydrogen-bond donors (Lipinski definition) is 2. The van der Waals surface area contributed by atoms with E-state index >= 15 is 0 Å². The third-order valence-corrected chi connectivity index (χ3v) is 2.84. The lowest BCUT2D eigenvalue weighted by molar-refractivity contribution is 0.251. The molecule has 1 unspecified atom stereocenters. The Bertz CT molecular complexity index is 318. The summed E-state index contributed by atoms with van der Waals surface area (Å²) in [7, 11) is 1.62. The summed E-state index contributed by atoms with van der Waals surface area (Å²) in [6.45, 7) is 4.05. The van der Waals surface area contributed by atoms with Gasteiger partial charge in [0.15, 0.2) is 0 Å². The molecule has 1 heterocycles. The van der Waals surface area contributed by atoms with Gasteiger partial charge in [-0.05, 0) is 24.9 Å². The number of nitrogens with one attached hydrogen (secondary N) is 1. The van der Waals surface area contributed by atoms with E-state index in [4.69, 9.17) is 9.84 Å². The Balaban J connectivity index is 2.34. The Kier molecular flexibility index (Phi) is 6.58. The molecule has 0 bridgehead atoms. The van der Waals surface area contributed by atoms with Crippen molar-refractivity contribution in [3.05, 3.63) is 23.9 Å². The third-order valence-electron chi connectivity index (χ3n) is 2.84. The first-order chi connectivity index (χ1) is 8.30.